The summed E-state index contributed by atoms with van der Waals surface area (Å²) in [7, 11) is 0. The van der Waals surface area contributed by atoms with Gasteiger partial charge in [0, 0.05) is 38.8 Å². The van der Waals surface area contributed by atoms with Gasteiger partial charge in [0.05, 0.1) is 30.3 Å². The number of ether oxygens (including phenoxy) is 1. The van der Waals surface area contributed by atoms with Crippen molar-refractivity contribution in [3.8, 4) is 0 Å². The molecule has 0 aliphatic carbocycles. The van der Waals surface area contributed by atoms with E-state index in [1.54, 1.807) is 24.3 Å². The van der Waals surface area contributed by atoms with E-state index >= 15 is 0 Å². The van der Waals surface area contributed by atoms with Crippen LogP contribution < -0.4 is 16.0 Å². The number of carbonyl (C=O) groups excluding carboxylic acids is 1. The van der Waals surface area contributed by atoms with Crippen molar-refractivity contribution in [2.24, 2.45) is 10.9 Å². The monoisotopic (exact) mass is 551 g/mol. The van der Waals surface area contributed by atoms with Crippen LogP contribution in [0.2, 0.25) is 5.02 Å². The summed E-state index contributed by atoms with van der Waals surface area (Å²) in [4.78, 5) is 19.5. The highest BCUT2D eigenvalue weighted by atomic mass is 127. The lowest BCUT2D eigenvalue weighted by atomic mass is 10.0. The summed E-state index contributed by atoms with van der Waals surface area (Å²) in [5, 5.41) is 9.89. The van der Waals surface area contributed by atoms with Gasteiger partial charge in [-0.3, -0.25) is 14.7 Å². The molecule has 0 saturated carbocycles. The predicted molar refractivity (Wildman–Crippen MR) is 134 cm³/mol. The van der Waals surface area contributed by atoms with Crippen molar-refractivity contribution < 1.29 is 9.53 Å². The molecule has 1 aliphatic heterocycles. The smallest absolute Gasteiger partial charge is 0.252 e. The molecule has 1 atom stereocenters. The second-order valence-corrected chi connectivity index (χ2v) is 7.75. The van der Waals surface area contributed by atoms with Crippen LogP contribution in [0.25, 0.3) is 0 Å². The zero-order chi connectivity index (χ0) is 21.1. The Hall–Kier alpha value is -1.10. The van der Waals surface area contributed by atoms with Crippen LogP contribution in [-0.2, 0) is 4.74 Å². The van der Waals surface area contributed by atoms with Crippen molar-refractivity contribution in [2.75, 3.05) is 52.5 Å². The van der Waals surface area contributed by atoms with Crippen molar-refractivity contribution in [2.45, 2.75) is 26.8 Å². The normalized spacial score (nSPS) is 16.0. The Morgan fingerprint density at radius 1 is 1.17 bits per heavy atom. The SMILES string of the molecule is CCNC(=NCC(C(C)C)N1CCOCC1)NCCNC(=O)c1ccccc1Cl.I. The van der Waals surface area contributed by atoms with E-state index in [-0.39, 0.29) is 29.9 Å². The Morgan fingerprint density at radius 3 is 2.47 bits per heavy atom. The van der Waals surface area contributed by atoms with Crippen LogP contribution >= 0.6 is 35.6 Å². The predicted octanol–water partition coefficient (Wildman–Crippen LogP) is 2.60. The van der Waals surface area contributed by atoms with Gasteiger partial charge in [-0.15, -0.1) is 24.0 Å². The summed E-state index contributed by atoms with van der Waals surface area (Å²) in [6, 6.07) is 7.42. The number of hydrogen-bond acceptors (Lipinski definition) is 4. The number of amides is 1. The molecule has 1 fully saturated rings. The first-order valence-electron chi connectivity index (χ1n) is 10.4. The maximum atomic E-state index is 12.2. The second-order valence-electron chi connectivity index (χ2n) is 7.34. The standard InChI is InChI=1S/C21H34ClN5O2.HI/c1-4-23-21(26-15-19(16(2)3)27-11-13-29-14-12-27)25-10-9-24-20(28)17-7-5-6-8-18(17)22;/h5-8,16,19H,4,9-15H2,1-3H3,(H,24,28)(H2,23,25,26);1H. The maximum Gasteiger partial charge on any atom is 0.252 e. The van der Waals surface area contributed by atoms with Gasteiger partial charge in [0.2, 0.25) is 0 Å². The van der Waals surface area contributed by atoms with Gasteiger partial charge < -0.3 is 20.7 Å². The Bertz CT molecular complexity index is 669. The lowest BCUT2D eigenvalue weighted by molar-refractivity contribution is 0.00867. The van der Waals surface area contributed by atoms with E-state index in [2.05, 4.69) is 34.7 Å². The zero-order valence-corrected chi connectivity index (χ0v) is 21.2. The van der Waals surface area contributed by atoms with Crippen LogP contribution in [0.4, 0.5) is 0 Å². The third-order valence-corrected chi connectivity index (χ3v) is 5.22. The Labute approximate surface area is 202 Å². The molecule has 3 N–H and O–H groups in total. The fourth-order valence-electron chi connectivity index (χ4n) is 3.28. The molecule has 1 saturated heterocycles. The number of morpholine rings is 1. The van der Waals surface area contributed by atoms with E-state index in [1.807, 2.05) is 6.92 Å². The fourth-order valence-corrected chi connectivity index (χ4v) is 3.50. The van der Waals surface area contributed by atoms with Gasteiger partial charge in [-0.2, -0.15) is 0 Å². The van der Waals surface area contributed by atoms with Crippen LogP contribution in [0.1, 0.15) is 31.1 Å². The van der Waals surface area contributed by atoms with Crippen molar-refractivity contribution in [3.05, 3.63) is 34.9 Å². The van der Waals surface area contributed by atoms with Crippen molar-refractivity contribution in [1.82, 2.24) is 20.9 Å². The van der Waals surface area contributed by atoms with E-state index in [4.69, 9.17) is 21.3 Å². The molecule has 1 amide bonds. The number of nitrogens with one attached hydrogen (secondary N) is 3. The maximum absolute atomic E-state index is 12.2. The first-order valence-corrected chi connectivity index (χ1v) is 10.8. The third kappa shape index (κ3) is 8.95. The minimum atomic E-state index is -0.175. The number of benzene rings is 1. The van der Waals surface area contributed by atoms with Crippen molar-refractivity contribution in [3.63, 3.8) is 0 Å². The first kappa shape index (κ1) is 26.9. The summed E-state index contributed by atoms with van der Waals surface area (Å²) in [6.07, 6.45) is 0. The van der Waals surface area contributed by atoms with Crippen molar-refractivity contribution >= 4 is 47.4 Å². The highest BCUT2D eigenvalue weighted by molar-refractivity contribution is 14.0. The van der Waals surface area contributed by atoms with E-state index in [0.717, 1.165) is 45.4 Å². The molecule has 30 heavy (non-hydrogen) atoms. The number of carbonyl (C=O) groups is 1. The van der Waals surface area contributed by atoms with Crippen LogP contribution in [0, 0.1) is 5.92 Å². The molecule has 1 unspecified atom stereocenters. The molecule has 7 nitrogen and oxygen atoms in total. The Kier molecular flexibility index (Phi) is 13.3. The number of guanidine groups is 1. The summed E-state index contributed by atoms with van der Waals surface area (Å²) in [5.41, 5.74) is 0.486. The van der Waals surface area contributed by atoms with Crippen LogP contribution in [0.3, 0.4) is 0 Å². The molecule has 9 heteroatoms. The fraction of sp³-hybridized carbons (Fsp3) is 0.619. The van der Waals surface area contributed by atoms with Gasteiger partial charge in [-0.1, -0.05) is 37.6 Å². The van der Waals surface area contributed by atoms with Crippen LogP contribution in [0.5, 0.6) is 0 Å². The highest BCUT2D eigenvalue weighted by Crippen LogP contribution is 2.14. The average Bonchev–Trinajstić information content (AvgIpc) is 2.72. The first-order chi connectivity index (χ1) is 14.0. The van der Waals surface area contributed by atoms with Gasteiger partial charge in [0.15, 0.2) is 5.96 Å². The van der Waals surface area contributed by atoms with Gasteiger partial charge in [-0.05, 0) is 25.0 Å². The number of rotatable bonds is 9. The molecule has 0 radical (unpaired) electrons. The minimum Gasteiger partial charge on any atom is -0.379 e. The van der Waals surface area contributed by atoms with E-state index in [0.29, 0.717) is 35.6 Å². The summed E-state index contributed by atoms with van der Waals surface area (Å²) in [5.74, 6) is 1.10. The second kappa shape index (κ2) is 14.8. The largest absolute Gasteiger partial charge is 0.379 e. The lowest BCUT2D eigenvalue weighted by Crippen LogP contribution is -2.48. The Morgan fingerprint density at radius 2 is 1.83 bits per heavy atom. The topological polar surface area (TPSA) is 78.0 Å². The molecule has 0 spiro atoms. The van der Waals surface area contributed by atoms with E-state index in [9.17, 15) is 4.79 Å². The number of nitrogens with zero attached hydrogens (tertiary/aromatic N) is 2. The molecule has 1 aromatic carbocycles. The number of aliphatic imine (C=N–C) groups is 1. The van der Waals surface area contributed by atoms with Gasteiger partial charge in [0.25, 0.3) is 5.91 Å². The summed E-state index contributed by atoms with van der Waals surface area (Å²) >= 11 is 6.07. The van der Waals surface area contributed by atoms with E-state index in [1.165, 1.54) is 0 Å². The third-order valence-electron chi connectivity index (χ3n) is 4.89. The number of hydrogen-bond donors (Lipinski definition) is 3. The van der Waals surface area contributed by atoms with Gasteiger partial charge in [-0.25, -0.2) is 0 Å². The molecular formula is C21H35ClIN5O2. The summed E-state index contributed by atoms with van der Waals surface area (Å²) in [6.45, 7) is 12.6. The lowest BCUT2D eigenvalue weighted by Gasteiger charge is -2.36. The highest BCUT2D eigenvalue weighted by Gasteiger charge is 2.23. The zero-order valence-electron chi connectivity index (χ0n) is 18.1. The van der Waals surface area contributed by atoms with E-state index < -0.39 is 0 Å². The molecule has 1 aromatic rings. The Balaban J connectivity index is 0.00000450. The minimum absolute atomic E-state index is 0. The van der Waals surface area contributed by atoms with Crippen LogP contribution in [0.15, 0.2) is 29.3 Å². The molecular weight excluding hydrogens is 517 g/mol. The molecule has 0 aromatic heterocycles. The molecule has 170 valence electrons. The average molecular weight is 552 g/mol. The number of halogens is 2. The quantitative estimate of drug-likeness (QED) is 0.190. The van der Waals surface area contributed by atoms with Gasteiger partial charge >= 0.3 is 0 Å². The van der Waals surface area contributed by atoms with Gasteiger partial charge in [0.1, 0.15) is 0 Å². The van der Waals surface area contributed by atoms with Crippen LogP contribution in [-0.4, -0.2) is 75.3 Å². The molecule has 1 heterocycles. The molecule has 0 bridgehead atoms. The summed E-state index contributed by atoms with van der Waals surface area (Å²) < 4.78 is 5.47. The molecule has 1 aliphatic rings. The molecule has 2 rings (SSSR count). The van der Waals surface area contributed by atoms with Crippen molar-refractivity contribution in [1.29, 1.82) is 0 Å².